The van der Waals surface area contributed by atoms with Crippen LogP contribution in [0.15, 0.2) is 59.4 Å². The van der Waals surface area contributed by atoms with Gasteiger partial charge in [-0.05, 0) is 44.4 Å². The molecule has 0 aliphatic heterocycles. The first-order valence-corrected chi connectivity index (χ1v) is 8.34. The summed E-state index contributed by atoms with van der Waals surface area (Å²) in [5.74, 6) is 0.458. The van der Waals surface area contributed by atoms with Gasteiger partial charge in [0.25, 0.3) is 5.91 Å². The Bertz CT molecular complexity index is 979. The maximum atomic E-state index is 12.7. The number of pyridine rings is 1. The summed E-state index contributed by atoms with van der Waals surface area (Å²) in [5, 5.41) is 3.58. The molecule has 0 spiro atoms. The van der Waals surface area contributed by atoms with Crippen molar-refractivity contribution in [3.05, 3.63) is 70.5 Å². The number of likely N-dealkylation sites (N-methyl/N-ethyl adjacent to an activating group) is 1. The molecule has 3 rings (SSSR count). The van der Waals surface area contributed by atoms with Gasteiger partial charge < -0.3 is 19.9 Å². The summed E-state index contributed by atoms with van der Waals surface area (Å²) in [6.07, 6.45) is 0. The summed E-state index contributed by atoms with van der Waals surface area (Å²) in [4.78, 5) is 28.9. The number of ether oxygens (including phenoxy) is 1. The molecule has 134 valence electrons. The van der Waals surface area contributed by atoms with E-state index in [0.717, 1.165) is 6.54 Å². The second-order valence-corrected chi connectivity index (χ2v) is 6.22. The molecule has 0 saturated carbocycles. The van der Waals surface area contributed by atoms with Crippen molar-refractivity contribution in [3.8, 4) is 5.75 Å². The topological polar surface area (TPSA) is 74.4 Å². The minimum absolute atomic E-state index is 0.197. The molecule has 0 radical (unpaired) electrons. The number of H-pyrrole nitrogens is 1. The van der Waals surface area contributed by atoms with E-state index >= 15 is 0 Å². The zero-order valence-corrected chi connectivity index (χ0v) is 14.8. The Labute approximate surface area is 151 Å². The number of nitrogens with zero attached hydrogens (tertiary/aromatic N) is 1. The second-order valence-electron chi connectivity index (χ2n) is 6.22. The summed E-state index contributed by atoms with van der Waals surface area (Å²) >= 11 is 0. The van der Waals surface area contributed by atoms with Crippen LogP contribution in [0.2, 0.25) is 0 Å². The van der Waals surface area contributed by atoms with Crippen molar-refractivity contribution in [1.82, 2.24) is 9.88 Å². The van der Waals surface area contributed by atoms with Gasteiger partial charge in [0.2, 0.25) is 5.56 Å². The summed E-state index contributed by atoms with van der Waals surface area (Å²) < 4.78 is 5.70. The standard InChI is InChI=1S/C20H21N3O3/c1-23(2)11-12-26-15-6-3-5-14(13-15)21-20(25)17-7-4-8-18-16(17)9-10-19(24)22-18/h3-10,13H,11-12H2,1-2H3,(H,21,25)(H,22,24). The molecule has 6 heteroatoms. The summed E-state index contributed by atoms with van der Waals surface area (Å²) in [7, 11) is 3.97. The third kappa shape index (κ3) is 4.29. The number of hydrogen-bond acceptors (Lipinski definition) is 4. The van der Waals surface area contributed by atoms with Crippen molar-refractivity contribution in [2.45, 2.75) is 0 Å². The minimum atomic E-state index is -0.243. The third-order valence-electron chi connectivity index (χ3n) is 3.91. The molecule has 0 bridgehead atoms. The number of fused-ring (bicyclic) bond motifs is 1. The van der Waals surface area contributed by atoms with E-state index in [4.69, 9.17) is 4.74 Å². The molecule has 0 atom stereocenters. The molecular weight excluding hydrogens is 330 g/mol. The van der Waals surface area contributed by atoms with Gasteiger partial charge in [0.1, 0.15) is 12.4 Å². The molecule has 0 aliphatic carbocycles. The second kappa shape index (κ2) is 7.84. The van der Waals surface area contributed by atoms with E-state index in [1.54, 1.807) is 30.3 Å². The predicted molar refractivity (Wildman–Crippen MR) is 103 cm³/mol. The average Bonchev–Trinajstić information content (AvgIpc) is 2.61. The number of anilines is 1. The van der Waals surface area contributed by atoms with E-state index < -0.39 is 0 Å². The Morgan fingerprint density at radius 2 is 1.92 bits per heavy atom. The Morgan fingerprint density at radius 3 is 2.73 bits per heavy atom. The van der Waals surface area contributed by atoms with Gasteiger partial charge in [-0.25, -0.2) is 0 Å². The number of aromatic amines is 1. The molecule has 1 aromatic heterocycles. The highest BCUT2D eigenvalue weighted by atomic mass is 16.5. The van der Waals surface area contributed by atoms with Gasteiger partial charge >= 0.3 is 0 Å². The Balaban J connectivity index is 1.77. The van der Waals surface area contributed by atoms with Gasteiger partial charge in [-0.2, -0.15) is 0 Å². The van der Waals surface area contributed by atoms with Gasteiger partial charge in [0.15, 0.2) is 0 Å². The molecule has 0 fully saturated rings. The molecule has 6 nitrogen and oxygen atoms in total. The van der Waals surface area contributed by atoms with E-state index in [2.05, 4.69) is 10.3 Å². The fraction of sp³-hybridized carbons (Fsp3) is 0.200. The fourth-order valence-corrected chi connectivity index (χ4v) is 2.59. The van der Waals surface area contributed by atoms with Crippen LogP contribution in [-0.2, 0) is 0 Å². The Kier molecular flexibility index (Phi) is 5.34. The highest BCUT2D eigenvalue weighted by molar-refractivity contribution is 6.12. The van der Waals surface area contributed by atoms with Crippen LogP contribution in [0.1, 0.15) is 10.4 Å². The number of carbonyl (C=O) groups is 1. The minimum Gasteiger partial charge on any atom is -0.492 e. The van der Waals surface area contributed by atoms with Crippen molar-refractivity contribution >= 4 is 22.5 Å². The zero-order valence-electron chi connectivity index (χ0n) is 14.8. The predicted octanol–water partition coefficient (Wildman–Crippen LogP) is 2.72. The number of benzene rings is 2. The largest absolute Gasteiger partial charge is 0.492 e. The van der Waals surface area contributed by atoms with Crippen LogP contribution in [0.5, 0.6) is 5.75 Å². The number of aromatic nitrogens is 1. The number of rotatable bonds is 6. The van der Waals surface area contributed by atoms with Crippen LogP contribution >= 0.6 is 0 Å². The van der Waals surface area contributed by atoms with E-state index in [9.17, 15) is 9.59 Å². The maximum Gasteiger partial charge on any atom is 0.256 e. The Morgan fingerprint density at radius 1 is 1.12 bits per heavy atom. The molecule has 0 aliphatic rings. The van der Waals surface area contributed by atoms with Gasteiger partial charge in [0, 0.05) is 40.8 Å². The van der Waals surface area contributed by atoms with Gasteiger partial charge in [0.05, 0.1) is 0 Å². The highest BCUT2D eigenvalue weighted by Crippen LogP contribution is 2.20. The quantitative estimate of drug-likeness (QED) is 0.716. The number of hydrogen-bond donors (Lipinski definition) is 2. The van der Waals surface area contributed by atoms with Gasteiger partial charge in [-0.15, -0.1) is 0 Å². The third-order valence-corrected chi connectivity index (χ3v) is 3.91. The first kappa shape index (κ1) is 17.7. The monoisotopic (exact) mass is 351 g/mol. The van der Waals surface area contributed by atoms with Crippen LogP contribution in [0.3, 0.4) is 0 Å². The van der Waals surface area contributed by atoms with E-state index in [1.807, 2.05) is 37.2 Å². The van der Waals surface area contributed by atoms with E-state index in [-0.39, 0.29) is 11.5 Å². The van der Waals surface area contributed by atoms with Gasteiger partial charge in [-0.1, -0.05) is 12.1 Å². The number of amides is 1. The van der Waals surface area contributed by atoms with Crippen LogP contribution < -0.4 is 15.6 Å². The lowest BCUT2D eigenvalue weighted by Gasteiger charge is -2.12. The molecule has 26 heavy (non-hydrogen) atoms. The van der Waals surface area contributed by atoms with Crippen molar-refractivity contribution in [2.24, 2.45) is 0 Å². The molecule has 1 amide bonds. The lowest BCUT2D eigenvalue weighted by atomic mass is 10.1. The molecule has 0 unspecified atom stereocenters. The smallest absolute Gasteiger partial charge is 0.256 e. The molecular formula is C20H21N3O3. The van der Waals surface area contributed by atoms with Crippen LogP contribution in [0, 0.1) is 0 Å². The lowest BCUT2D eigenvalue weighted by molar-refractivity contribution is 0.102. The van der Waals surface area contributed by atoms with Gasteiger partial charge in [-0.3, -0.25) is 9.59 Å². The van der Waals surface area contributed by atoms with Crippen molar-refractivity contribution in [2.75, 3.05) is 32.6 Å². The molecule has 0 saturated heterocycles. The summed E-state index contributed by atoms with van der Waals surface area (Å²) in [6.45, 7) is 1.38. The molecule has 1 heterocycles. The summed E-state index contributed by atoms with van der Waals surface area (Å²) in [6, 6.07) is 15.6. The SMILES string of the molecule is CN(C)CCOc1cccc(NC(=O)c2cccc3[nH]c(=O)ccc23)c1. The van der Waals surface area contributed by atoms with Crippen molar-refractivity contribution in [1.29, 1.82) is 0 Å². The van der Waals surface area contributed by atoms with Crippen molar-refractivity contribution < 1.29 is 9.53 Å². The zero-order chi connectivity index (χ0) is 18.5. The van der Waals surface area contributed by atoms with E-state index in [1.165, 1.54) is 6.07 Å². The number of carbonyl (C=O) groups excluding carboxylic acids is 1. The lowest BCUT2D eigenvalue weighted by Crippen LogP contribution is -2.19. The van der Waals surface area contributed by atoms with Crippen molar-refractivity contribution in [3.63, 3.8) is 0 Å². The fourth-order valence-electron chi connectivity index (χ4n) is 2.59. The van der Waals surface area contributed by atoms with Crippen LogP contribution in [0.4, 0.5) is 5.69 Å². The molecule has 3 aromatic rings. The first-order valence-electron chi connectivity index (χ1n) is 8.34. The maximum absolute atomic E-state index is 12.7. The average molecular weight is 351 g/mol. The molecule has 2 aromatic carbocycles. The highest BCUT2D eigenvalue weighted by Gasteiger charge is 2.11. The molecule has 2 N–H and O–H groups in total. The summed E-state index contributed by atoms with van der Waals surface area (Å²) in [5.41, 5.74) is 1.58. The Hall–Kier alpha value is -3.12. The number of nitrogens with one attached hydrogen (secondary N) is 2. The first-order chi connectivity index (χ1) is 12.5. The normalized spacial score (nSPS) is 10.9. The van der Waals surface area contributed by atoms with E-state index in [0.29, 0.717) is 34.5 Å². The van der Waals surface area contributed by atoms with Crippen LogP contribution in [0.25, 0.3) is 10.9 Å². The van der Waals surface area contributed by atoms with Crippen LogP contribution in [-0.4, -0.2) is 43.0 Å².